The molecule has 0 radical (unpaired) electrons. The molecule has 1 atom stereocenters. The third kappa shape index (κ3) is 3.99. The van der Waals surface area contributed by atoms with Crippen LogP contribution in [0.5, 0.6) is 0 Å². The van der Waals surface area contributed by atoms with Crippen LogP contribution in [0.2, 0.25) is 19.6 Å². The van der Waals surface area contributed by atoms with E-state index in [0.717, 1.165) is 0 Å². The van der Waals surface area contributed by atoms with Crippen molar-refractivity contribution >= 4 is 14.2 Å². The SMILES string of the molecule is C[Si](C)(C)C#CC1CCOC(=O)O1. The Morgan fingerprint density at radius 3 is 2.69 bits per heavy atom. The normalized spacial score (nSPS) is 22.4. The first kappa shape index (κ1) is 10.1. The van der Waals surface area contributed by atoms with Crippen LogP contribution in [0.15, 0.2) is 0 Å². The maximum atomic E-state index is 10.7. The van der Waals surface area contributed by atoms with E-state index < -0.39 is 14.2 Å². The first-order valence-corrected chi connectivity index (χ1v) is 7.83. The van der Waals surface area contributed by atoms with Crippen molar-refractivity contribution in [1.29, 1.82) is 0 Å². The minimum absolute atomic E-state index is 0.257. The zero-order valence-corrected chi connectivity index (χ0v) is 9.22. The van der Waals surface area contributed by atoms with Gasteiger partial charge in [-0.2, -0.15) is 0 Å². The van der Waals surface area contributed by atoms with Gasteiger partial charge in [0.15, 0.2) is 6.10 Å². The van der Waals surface area contributed by atoms with Crippen LogP contribution in [0.25, 0.3) is 0 Å². The van der Waals surface area contributed by atoms with Gasteiger partial charge in [-0.15, -0.1) is 5.54 Å². The number of rotatable bonds is 0. The average molecular weight is 198 g/mol. The lowest BCUT2D eigenvalue weighted by Crippen LogP contribution is -2.27. The summed E-state index contributed by atoms with van der Waals surface area (Å²) >= 11 is 0. The molecule has 1 fully saturated rings. The maximum absolute atomic E-state index is 10.7. The molecule has 0 N–H and O–H groups in total. The number of ether oxygens (including phenoxy) is 2. The second-order valence-corrected chi connectivity index (χ2v) is 8.76. The van der Waals surface area contributed by atoms with Crippen LogP contribution in [0, 0.1) is 11.5 Å². The molecule has 1 rings (SSSR count). The lowest BCUT2D eigenvalue weighted by Gasteiger charge is -2.18. The minimum atomic E-state index is -1.36. The summed E-state index contributed by atoms with van der Waals surface area (Å²) in [6.45, 7) is 6.88. The Balaban J connectivity index is 2.52. The summed E-state index contributed by atoms with van der Waals surface area (Å²) in [7, 11) is -1.36. The van der Waals surface area contributed by atoms with Crippen molar-refractivity contribution in [2.75, 3.05) is 6.61 Å². The second kappa shape index (κ2) is 3.84. The highest BCUT2D eigenvalue weighted by molar-refractivity contribution is 6.83. The number of cyclic esters (lactones) is 2. The average Bonchev–Trinajstić information content (AvgIpc) is 2.00. The van der Waals surface area contributed by atoms with E-state index in [1.807, 2.05) is 0 Å². The Labute approximate surface area is 79.4 Å². The van der Waals surface area contributed by atoms with E-state index >= 15 is 0 Å². The quantitative estimate of drug-likeness (QED) is 0.338. The lowest BCUT2D eigenvalue weighted by molar-refractivity contribution is -0.00252. The van der Waals surface area contributed by atoms with Gasteiger partial charge in [-0.05, 0) is 0 Å². The summed E-state index contributed by atoms with van der Waals surface area (Å²) in [4.78, 5) is 10.7. The van der Waals surface area contributed by atoms with Crippen molar-refractivity contribution in [3.8, 4) is 11.5 Å². The van der Waals surface area contributed by atoms with Gasteiger partial charge in [-0.3, -0.25) is 0 Å². The van der Waals surface area contributed by atoms with Crippen LogP contribution in [0.1, 0.15) is 6.42 Å². The summed E-state index contributed by atoms with van der Waals surface area (Å²) in [5, 5.41) is 0. The molecule has 0 aliphatic carbocycles. The third-order valence-corrected chi connectivity index (χ3v) is 2.34. The van der Waals surface area contributed by atoms with Gasteiger partial charge in [0, 0.05) is 6.42 Å². The molecule has 1 saturated heterocycles. The largest absolute Gasteiger partial charge is 0.509 e. The Bertz CT molecular complexity index is 256. The summed E-state index contributed by atoms with van der Waals surface area (Å²) in [5.41, 5.74) is 3.17. The zero-order chi connectivity index (χ0) is 9.90. The van der Waals surface area contributed by atoms with E-state index in [4.69, 9.17) is 4.74 Å². The van der Waals surface area contributed by atoms with Crippen LogP contribution in [0.3, 0.4) is 0 Å². The summed E-state index contributed by atoms with van der Waals surface area (Å²) in [6, 6.07) is 0. The van der Waals surface area contributed by atoms with Gasteiger partial charge in [0.2, 0.25) is 0 Å². The number of hydrogen-bond acceptors (Lipinski definition) is 3. The molecule has 1 aliphatic rings. The fourth-order valence-corrected chi connectivity index (χ4v) is 1.45. The van der Waals surface area contributed by atoms with Crippen LogP contribution < -0.4 is 0 Å². The summed E-state index contributed by atoms with van der Waals surface area (Å²) in [5.74, 6) is 2.98. The Hall–Kier alpha value is -0.953. The van der Waals surface area contributed by atoms with Crippen molar-refractivity contribution in [3.05, 3.63) is 0 Å². The molecular formula is C9H14O3Si. The molecule has 1 heterocycles. The van der Waals surface area contributed by atoms with Gasteiger partial charge < -0.3 is 9.47 Å². The highest BCUT2D eigenvalue weighted by atomic mass is 28.3. The molecule has 0 saturated carbocycles. The molecule has 0 aromatic rings. The molecule has 3 nitrogen and oxygen atoms in total. The van der Waals surface area contributed by atoms with Gasteiger partial charge in [-0.25, -0.2) is 4.79 Å². The first-order chi connectivity index (χ1) is 5.97. The van der Waals surface area contributed by atoms with Crippen LogP contribution >= 0.6 is 0 Å². The Kier molecular flexibility index (Phi) is 2.99. The summed E-state index contributed by atoms with van der Waals surface area (Å²) < 4.78 is 9.49. The second-order valence-electron chi connectivity index (χ2n) is 4.01. The summed E-state index contributed by atoms with van der Waals surface area (Å²) in [6.07, 6.45) is -0.169. The molecule has 0 spiro atoms. The highest BCUT2D eigenvalue weighted by Crippen LogP contribution is 2.07. The van der Waals surface area contributed by atoms with Crippen LogP contribution in [-0.2, 0) is 9.47 Å². The van der Waals surface area contributed by atoms with Gasteiger partial charge in [0.1, 0.15) is 8.07 Å². The zero-order valence-electron chi connectivity index (χ0n) is 8.22. The highest BCUT2D eigenvalue weighted by Gasteiger charge is 2.19. The predicted molar refractivity (Wildman–Crippen MR) is 52.0 cm³/mol. The van der Waals surface area contributed by atoms with E-state index in [1.165, 1.54) is 0 Å². The van der Waals surface area contributed by atoms with Gasteiger partial charge >= 0.3 is 6.16 Å². The lowest BCUT2D eigenvalue weighted by atomic mass is 10.3. The van der Waals surface area contributed by atoms with E-state index in [2.05, 4.69) is 35.8 Å². The first-order valence-electron chi connectivity index (χ1n) is 4.33. The fourth-order valence-electron chi connectivity index (χ4n) is 0.857. The molecule has 1 unspecified atom stereocenters. The molecule has 0 amide bonds. The minimum Gasteiger partial charge on any atom is -0.434 e. The van der Waals surface area contributed by atoms with Crippen LogP contribution in [-0.4, -0.2) is 26.9 Å². The van der Waals surface area contributed by atoms with E-state index in [1.54, 1.807) is 0 Å². The molecule has 1 aliphatic heterocycles. The molecule has 0 aromatic heterocycles. The molecule has 0 aromatic carbocycles. The predicted octanol–water partition coefficient (Wildman–Crippen LogP) is 1.79. The third-order valence-electron chi connectivity index (χ3n) is 1.45. The Morgan fingerprint density at radius 1 is 1.46 bits per heavy atom. The van der Waals surface area contributed by atoms with Crippen molar-refractivity contribution in [2.45, 2.75) is 32.2 Å². The fraction of sp³-hybridized carbons (Fsp3) is 0.667. The standard InChI is InChI=1S/C9H14O3Si/c1-13(2,3)7-5-8-4-6-11-9(10)12-8/h8H,4,6H2,1-3H3. The number of carbonyl (C=O) groups excluding carboxylic acids is 1. The topological polar surface area (TPSA) is 35.5 Å². The maximum Gasteiger partial charge on any atom is 0.509 e. The smallest absolute Gasteiger partial charge is 0.434 e. The van der Waals surface area contributed by atoms with Crippen molar-refractivity contribution in [1.82, 2.24) is 0 Å². The van der Waals surface area contributed by atoms with Crippen molar-refractivity contribution < 1.29 is 14.3 Å². The number of carbonyl (C=O) groups is 1. The monoisotopic (exact) mass is 198 g/mol. The Morgan fingerprint density at radius 2 is 2.15 bits per heavy atom. The van der Waals surface area contributed by atoms with Gasteiger partial charge in [-0.1, -0.05) is 25.6 Å². The molecule has 13 heavy (non-hydrogen) atoms. The molecule has 0 bridgehead atoms. The van der Waals surface area contributed by atoms with E-state index in [-0.39, 0.29) is 6.10 Å². The van der Waals surface area contributed by atoms with E-state index in [9.17, 15) is 4.79 Å². The van der Waals surface area contributed by atoms with E-state index in [0.29, 0.717) is 13.0 Å². The molecular weight excluding hydrogens is 184 g/mol. The van der Waals surface area contributed by atoms with Crippen molar-refractivity contribution in [2.24, 2.45) is 0 Å². The molecule has 72 valence electrons. The number of hydrogen-bond donors (Lipinski definition) is 0. The van der Waals surface area contributed by atoms with Gasteiger partial charge in [0.05, 0.1) is 6.61 Å². The van der Waals surface area contributed by atoms with Crippen LogP contribution in [0.4, 0.5) is 4.79 Å². The van der Waals surface area contributed by atoms with Gasteiger partial charge in [0.25, 0.3) is 0 Å². The molecule has 4 heteroatoms. The van der Waals surface area contributed by atoms with Crippen molar-refractivity contribution in [3.63, 3.8) is 0 Å².